The maximum Gasteiger partial charge on any atom is 0.335 e. The minimum Gasteiger partial charge on any atom is -0.490 e. The van der Waals surface area contributed by atoms with Crippen LogP contribution in [0.2, 0.25) is 5.02 Å². The highest BCUT2D eigenvalue weighted by atomic mass is 35.5. The highest BCUT2D eigenvalue weighted by Crippen LogP contribution is 2.31. The van der Waals surface area contributed by atoms with Crippen molar-refractivity contribution in [3.8, 4) is 17.6 Å². The standard InChI is InChI=1S/C25H20ClNO4/c1-2-30-24-14-18(13-21(15-27)19-8-10-22(26)11-9-19)5-12-23(24)31-16-17-3-6-20(7-4-17)25(28)29/h3-14H,2,16H2,1H3,(H,28,29)/b21-13-. The number of allylic oxidation sites excluding steroid dienone is 1. The molecule has 0 aliphatic rings. The second-order valence-electron chi connectivity index (χ2n) is 6.61. The van der Waals surface area contributed by atoms with Gasteiger partial charge in [-0.15, -0.1) is 0 Å². The van der Waals surface area contributed by atoms with Crippen molar-refractivity contribution in [3.05, 3.63) is 94.0 Å². The molecule has 0 fully saturated rings. The van der Waals surface area contributed by atoms with Crippen LogP contribution in [-0.4, -0.2) is 17.7 Å². The van der Waals surface area contributed by atoms with Crippen molar-refractivity contribution in [3.63, 3.8) is 0 Å². The quantitative estimate of drug-likeness (QED) is 0.344. The van der Waals surface area contributed by atoms with E-state index in [9.17, 15) is 10.1 Å². The molecule has 0 heterocycles. The van der Waals surface area contributed by atoms with Gasteiger partial charge in [-0.05, 0) is 66.1 Å². The highest BCUT2D eigenvalue weighted by molar-refractivity contribution is 6.30. The third-order valence-electron chi connectivity index (χ3n) is 4.45. The monoisotopic (exact) mass is 433 g/mol. The van der Waals surface area contributed by atoms with Crippen molar-refractivity contribution in [2.45, 2.75) is 13.5 Å². The van der Waals surface area contributed by atoms with E-state index in [2.05, 4.69) is 6.07 Å². The number of hydrogen-bond acceptors (Lipinski definition) is 4. The fourth-order valence-electron chi connectivity index (χ4n) is 2.88. The van der Waals surface area contributed by atoms with E-state index in [1.54, 1.807) is 60.7 Å². The predicted octanol–water partition coefficient (Wildman–Crippen LogP) is 6.08. The first-order chi connectivity index (χ1) is 15.0. The molecule has 0 aliphatic heterocycles. The maximum absolute atomic E-state index is 11.0. The molecule has 0 atom stereocenters. The van der Waals surface area contributed by atoms with Crippen LogP contribution in [0.15, 0.2) is 66.7 Å². The topological polar surface area (TPSA) is 79.5 Å². The lowest BCUT2D eigenvalue weighted by atomic mass is 10.0. The molecule has 5 nitrogen and oxygen atoms in total. The lowest BCUT2D eigenvalue weighted by Gasteiger charge is -2.13. The Hall–Kier alpha value is -3.75. The van der Waals surface area contributed by atoms with Gasteiger partial charge in [0.2, 0.25) is 0 Å². The smallest absolute Gasteiger partial charge is 0.335 e. The van der Waals surface area contributed by atoms with Crippen LogP contribution in [0.5, 0.6) is 11.5 Å². The van der Waals surface area contributed by atoms with Crippen molar-refractivity contribution < 1.29 is 19.4 Å². The van der Waals surface area contributed by atoms with Crippen LogP contribution in [0.4, 0.5) is 0 Å². The molecule has 3 rings (SSSR count). The fourth-order valence-corrected chi connectivity index (χ4v) is 3.01. The number of nitriles is 1. The molecule has 0 saturated carbocycles. The summed E-state index contributed by atoms with van der Waals surface area (Å²) in [5.74, 6) is 0.156. The highest BCUT2D eigenvalue weighted by Gasteiger charge is 2.09. The molecule has 0 unspecified atom stereocenters. The first-order valence-electron chi connectivity index (χ1n) is 9.59. The van der Waals surface area contributed by atoms with Crippen molar-refractivity contribution in [2.75, 3.05) is 6.61 Å². The maximum atomic E-state index is 11.0. The number of carboxylic acid groups (broad SMARTS) is 1. The Labute approximate surface area is 185 Å². The molecule has 0 spiro atoms. The summed E-state index contributed by atoms with van der Waals surface area (Å²) in [6, 6.07) is 21.3. The zero-order chi connectivity index (χ0) is 22.2. The second-order valence-corrected chi connectivity index (χ2v) is 7.04. The Morgan fingerprint density at radius 1 is 1.00 bits per heavy atom. The molecule has 0 amide bonds. The number of carboxylic acids is 1. The number of rotatable bonds is 8. The molecular weight excluding hydrogens is 414 g/mol. The van der Waals surface area contributed by atoms with Crippen molar-refractivity contribution in [2.24, 2.45) is 0 Å². The van der Waals surface area contributed by atoms with Crippen LogP contribution < -0.4 is 9.47 Å². The first kappa shape index (κ1) is 21.9. The van der Waals surface area contributed by atoms with Gasteiger partial charge in [-0.1, -0.05) is 41.9 Å². The number of halogens is 1. The summed E-state index contributed by atoms with van der Waals surface area (Å²) in [4.78, 5) is 11.0. The predicted molar refractivity (Wildman–Crippen MR) is 120 cm³/mol. The van der Waals surface area contributed by atoms with E-state index in [1.165, 1.54) is 0 Å². The minimum atomic E-state index is -0.968. The Bertz CT molecular complexity index is 1130. The van der Waals surface area contributed by atoms with Gasteiger partial charge in [0.05, 0.1) is 23.8 Å². The van der Waals surface area contributed by atoms with E-state index >= 15 is 0 Å². The Morgan fingerprint density at radius 2 is 1.68 bits per heavy atom. The second kappa shape index (κ2) is 10.3. The minimum absolute atomic E-state index is 0.226. The number of aromatic carboxylic acids is 1. The zero-order valence-electron chi connectivity index (χ0n) is 16.8. The van der Waals surface area contributed by atoms with Gasteiger partial charge in [-0.2, -0.15) is 5.26 Å². The molecule has 31 heavy (non-hydrogen) atoms. The summed E-state index contributed by atoms with van der Waals surface area (Å²) >= 11 is 5.93. The number of hydrogen-bond donors (Lipinski definition) is 1. The van der Waals surface area contributed by atoms with Crippen LogP contribution in [0.3, 0.4) is 0 Å². The van der Waals surface area contributed by atoms with E-state index in [0.717, 1.165) is 16.7 Å². The first-order valence-corrected chi connectivity index (χ1v) is 9.97. The number of carbonyl (C=O) groups is 1. The molecule has 3 aromatic carbocycles. The summed E-state index contributed by atoms with van der Waals surface area (Å²) in [6.07, 6.45) is 1.78. The average Bonchev–Trinajstić information content (AvgIpc) is 2.78. The molecule has 0 radical (unpaired) electrons. The molecule has 0 aliphatic carbocycles. The number of nitrogens with zero attached hydrogens (tertiary/aromatic N) is 1. The van der Waals surface area contributed by atoms with Gasteiger partial charge in [0.1, 0.15) is 6.61 Å². The largest absolute Gasteiger partial charge is 0.490 e. The van der Waals surface area contributed by atoms with E-state index in [4.69, 9.17) is 26.2 Å². The van der Waals surface area contributed by atoms with Gasteiger partial charge in [-0.25, -0.2) is 4.79 Å². The van der Waals surface area contributed by atoms with Crippen LogP contribution in [0, 0.1) is 11.3 Å². The van der Waals surface area contributed by atoms with E-state index in [0.29, 0.717) is 28.7 Å². The van der Waals surface area contributed by atoms with Gasteiger partial charge in [0.15, 0.2) is 11.5 Å². The van der Waals surface area contributed by atoms with Crippen molar-refractivity contribution >= 4 is 29.2 Å². The molecule has 3 aromatic rings. The van der Waals surface area contributed by atoms with E-state index in [1.807, 2.05) is 19.1 Å². The number of ether oxygens (including phenoxy) is 2. The third-order valence-corrected chi connectivity index (χ3v) is 4.70. The molecule has 1 N–H and O–H groups in total. The summed E-state index contributed by atoms with van der Waals surface area (Å²) in [5, 5.41) is 19.2. The number of benzene rings is 3. The molecule has 6 heteroatoms. The van der Waals surface area contributed by atoms with E-state index < -0.39 is 5.97 Å². The summed E-state index contributed by atoms with van der Waals surface area (Å²) in [6.45, 7) is 2.61. The summed E-state index contributed by atoms with van der Waals surface area (Å²) < 4.78 is 11.6. The SMILES string of the molecule is CCOc1cc(/C=C(/C#N)c2ccc(Cl)cc2)ccc1OCc1ccc(C(=O)O)cc1. The van der Waals surface area contributed by atoms with Crippen LogP contribution in [0.25, 0.3) is 11.6 Å². The zero-order valence-corrected chi connectivity index (χ0v) is 17.6. The van der Waals surface area contributed by atoms with Gasteiger partial charge >= 0.3 is 5.97 Å². The Balaban J connectivity index is 1.80. The van der Waals surface area contributed by atoms with Gasteiger partial charge < -0.3 is 14.6 Å². The lowest BCUT2D eigenvalue weighted by Crippen LogP contribution is -2.01. The molecule has 0 saturated heterocycles. The van der Waals surface area contributed by atoms with Crippen LogP contribution in [-0.2, 0) is 6.61 Å². The average molecular weight is 434 g/mol. The van der Waals surface area contributed by atoms with Crippen LogP contribution in [0.1, 0.15) is 34.0 Å². The normalized spacial score (nSPS) is 10.9. The van der Waals surface area contributed by atoms with Gasteiger partial charge in [0, 0.05) is 5.02 Å². The molecule has 0 bridgehead atoms. The lowest BCUT2D eigenvalue weighted by molar-refractivity contribution is 0.0697. The summed E-state index contributed by atoms with van der Waals surface area (Å²) in [7, 11) is 0. The molecular formula is C25H20ClNO4. The third kappa shape index (κ3) is 5.88. The molecule has 0 aromatic heterocycles. The molecule has 156 valence electrons. The van der Waals surface area contributed by atoms with Crippen LogP contribution >= 0.6 is 11.6 Å². The van der Waals surface area contributed by atoms with Crippen molar-refractivity contribution in [1.29, 1.82) is 5.26 Å². The van der Waals surface area contributed by atoms with Gasteiger partial charge in [0.25, 0.3) is 0 Å². The Morgan fingerprint density at radius 3 is 2.29 bits per heavy atom. The fraction of sp³-hybridized carbons (Fsp3) is 0.120. The van der Waals surface area contributed by atoms with E-state index in [-0.39, 0.29) is 12.2 Å². The summed E-state index contributed by atoms with van der Waals surface area (Å²) in [5.41, 5.74) is 3.14. The Kier molecular flexibility index (Phi) is 7.31. The van der Waals surface area contributed by atoms with Gasteiger partial charge in [-0.3, -0.25) is 0 Å². The van der Waals surface area contributed by atoms with Crippen molar-refractivity contribution in [1.82, 2.24) is 0 Å².